The Hall–Kier alpha value is -5.01. The number of Topliss-reactive ketones (excluding diaryl/α,β-unsaturated/α-hetero) is 2. The minimum atomic E-state index is -0.506. The van der Waals surface area contributed by atoms with Crippen LogP contribution in [0.1, 0.15) is 97.5 Å². The number of allylic oxidation sites excluding steroid dienone is 4. The Morgan fingerprint density at radius 2 is 1.60 bits per heavy atom. The van der Waals surface area contributed by atoms with Crippen molar-refractivity contribution in [3.63, 3.8) is 0 Å². The zero-order chi connectivity index (χ0) is 35.3. The van der Waals surface area contributed by atoms with E-state index in [1.165, 1.54) is 12.1 Å². The minimum Gasteiger partial charge on any atom is -0.342 e. The highest BCUT2D eigenvalue weighted by Gasteiger charge is 2.46. The fraction of sp³-hybridized carbons (Fsp3) is 0.359. The number of benzene rings is 2. The molecule has 0 fully saturated rings. The van der Waals surface area contributed by atoms with Gasteiger partial charge < -0.3 is 10.6 Å². The molecule has 0 amide bonds. The third kappa shape index (κ3) is 5.09. The summed E-state index contributed by atoms with van der Waals surface area (Å²) in [6.07, 6.45) is 1.95. The van der Waals surface area contributed by atoms with Crippen LogP contribution in [0.25, 0.3) is 0 Å². The number of carbonyl (C=O) groups excluding carboxylic acids is 2. The molecule has 254 valence electrons. The molecule has 0 saturated carbocycles. The van der Waals surface area contributed by atoms with Gasteiger partial charge in [-0.05, 0) is 72.9 Å². The number of nitrogens with zero attached hydrogens (tertiary/aromatic N) is 4. The fourth-order valence-corrected chi connectivity index (χ4v) is 8.96. The van der Waals surface area contributed by atoms with E-state index >= 15 is 0 Å². The lowest BCUT2D eigenvalue weighted by atomic mass is 9.68. The van der Waals surface area contributed by atoms with Crippen molar-refractivity contribution in [1.82, 2.24) is 20.0 Å². The third-order valence-electron chi connectivity index (χ3n) is 10.9. The van der Waals surface area contributed by atoms with Gasteiger partial charge in [-0.1, -0.05) is 50.6 Å². The van der Waals surface area contributed by atoms with Crippen molar-refractivity contribution in [2.24, 2.45) is 10.8 Å². The largest absolute Gasteiger partial charge is 0.342 e. The van der Waals surface area contributed by atoms with Crippen molar-refractivity contribution >= 4 is 34.8 Å². The van der Waals surface area contributed by atoms with Crippen LogP contribution in [0, 0.1) is 41.8 Å². The maximum atomic E-state index is 14.3. The summed E-state index contributed by atoms with van der Waals surface area (Å²) in [6, 6.07) is 13.9. The predicted molar refractivity (Wildman–Crippen MR) is 188 cm³/mol. The number of nitriles is 1. The monoisotopic (exact) mass is 689 g/mol. The van der Waals surface area contributed by atoms with E-state index in [1.807, 2.05) is 30.7 Å². The number of ketones is 2. The van der Waals surface area contributed by atoms with Gasteiger partial charge in [-0.25, -0.2) is 4.39 Å². The topological polar surface area (TPSA) is 128 Å². The molecule has 2 aliphatic heterocycles. The van der Waals surface area contributed by atoms with Gasteiger partial charge in [0.2, 0.25) is 0 Å². The first-order valence-electron chi connectivity index (χ1n) is 16.9. The van der Waals surface area contributed by atoms with Gasteiger partial charge in [-0.3, -0.25) is 19.4 Å². The Kier molecular flexibility index (Phi) is 7.25. The highest BCUT2D eigenvalue weighted by atomic mass is 35.5. The Bertz CT molecular complexity index is 2250. The van der Waals surface area contributed by atoms with Crippen LogP contribution in [0.5, 0.6) is 0 Å². The number of hydrogen-bond donors (Lipinski definition) is 3. The smallest absolute Gasteiger partial charge is 0.162 e. The molecule has 11 heteroatoms. The van der Waals surface area contributed by atoms with Crippen LogP contribution in [0.2, 0.25) is 5.02 Å². The first kappa shape index (κ1) is 32.2. The lowest BCUT2D eigenvalue weighted by molar-refractivity contribution is -0.119. The summed E-state index contributed by atoms with van der Waals surface area (Å²) in [5, 5.41) is 29.4. The summed E-state index contributed by atoms with van der Waals surface area (Å²) in [7, 11) is 0. The minimum absolute atomic E-state index is 0.0458. The van der Waals surface area contributed by atoms with E-state index < -0.39 is 17.2 Å². The molecule has 3 atom stereocenters. The second-order valence-electron chi connectivity index (χ2n) is 15.4. The van der Waals surface area contributed by atoms with Crippen molar-refractivity contribution in [3.05, 3.63) is 115 Å². The Morgan fingerprint density at radius 3 is 2.32 bits per heavy atom. The lowest BCUT2D eigenvalue weighted by Crippen LogP contribution is -2.38. The van der Waals surface area contributed by atoms with Crippen LogP contribution in [0.4, 0.5) is 16.0 Å². The van der Waals surface area contributed by atoms with Crippen molar-refractivity contribution in [1.29, 1.82) is 5.26 Å². The molecular weight excluding hydrogens is 653 g/mol. The molecule has 2 aromatic heterocycles. The number of halogens is 2. The maximum Gasteiger partial charge on any atom is 0.162 e. The third-order valence-corrected chi connectivity index (χ3v) is 11.2. The molecule has 3 N–H and O–H groups in total. The molecule has 0 spiro atoms. The number of aromatic nitrogens is 4. The maximum absolute atomic E-state index is 14.3. The molecule has 0 radical (unpaired) electrons. The SMILES string of the molecule is Cc1[nH]nc2c1C(c1ccc(C#N)cc1)C1=C(CC(C)(Cn3nc4c(c3C)C(c3ccc(F)cc3Cl)C3=C(CC(C)(C)CC3=O)N4)CC1=O)N2. The second kappa shape index (κ2) is 11.3. The quantitative estimate of drug-likeness (QED) is 0.198. The highest BCUT2D eigenvalue weighted by molar-refractivity contribution is 6.31. The van der Waals surface area contributed by atoms with E-state index in [2.05, 4.69) is 47.7 Å². The molecule has 0 bridgehead atoms. The van der Waals surface area contributed by atoms with E-state index in [4.69, 9.17) is 16.7 Å². The van der Waals surface area contributed by atoms with E-state index in [-0.39, 0.29) is 27.9 Å². The van der Waals surface area contributed by atoms with Gasteiger partial charge in [-0.2, -0.15) is 15.5 Å². The molecule has 4 aliphatic rings. The Balaban J connectivity index is 1.18. The first-order chi connectivity index (χ1) is 23.8. The lowest BCUT2D eigenvalue weighted by Gasteiger charge is -2.40. The van der Waals surface area contributed by atoms with Crippen LogP contribution >= 0.6 is 11.6 Å². The highest BCUT2D eigenvalue weighted by Crippen LogP contribution is 2.53. The van der Waals surface area contributed by atoms with Crippen molar-refractivity contribution in [3.8, 4) is 6.07 Å². The number of rotatable bonds is 4. The molecule has 0 saturated heterocycles. The van der Waals surface area contributed by atoms with Gasteiger partial charge in [0.05, 0.1) is 11.6 Å². The van der Waals surface area contributed by atoms with E-state index in [0.717, 1.165) is 45.0 Å². The van der Waals surface area contributed by atoms with Gasteiger partial charge in [-0.15, -0.1) is 0 Å². The standard InChI is InChI=1S/C39H37ClFN7O2/c1-19-30-32(22-8-6-21(17-42)7-9-22)34-27(43-36(30)46-45-19)14-39(5,16-29(34)50)18-48-20(2)31-33(24-11-10-23(41)12-25(24)40)35-26(44-37(31)47-48)13-38(3,4)15-28(35)49/h6-12,32-33H,13-16,18H2,1-5H3,(H,44,47)(H2,43,45,46). The van der Waals surface area contributed by atoms with Gasteiger partial charge in [0, 0.05) is 81.3 Å². The normalized spacial score (nSPS) is 23.7. The number of aromatic amines is 1. The molecule has 4 heterocycles. The number of H-pyrrole nitrogens is 1. The number of hydrogen-bond acceptors (Lipinski definition) is 7. The molecule has 8 rings (SSSR count). The van der Waals surface area contributed by atoms with E-state index in [0.29, 0.717) is 60.6 Å². The first-order valence-corrected chi connectivity index (χ1v) is 17.3. The van der Waals surface area contributed by atoms with Crippen LogP contribution in [-0.2, 0) is 16.1 Å². The van der Waals surface area contributed by atoms with Crippen molar-refractivity contribution < 1.29 is 14.0 Å². The molecular formula is C39H37ClFN7O2. The van der Waals surface area contributed by atoms with Crippen LogP contribution in [-0.4, -0.2) is 31.5 Å². The van der Waals surface area contributed by atoms with E-state index in [1.54, 1.807) is 18.2 Å². The number of nitrogens with one attached hydrogen (secondary N) is 3. The van der Waals surface area contributed by atoms with E-state index in [9.17, 15) is 19.2 Å². The summed E-state index contributed by atoms with van der Waals surface area (Å²) in [4.78, 5) is 28.1. The number of aryl methyl sites for hydroxylation is 1. The summed E-state index contributed by atoms with van der Waals surface area (Å²) in [6.45, 7) is 10.7. The van der Waals surface area contributed by atoms with Gasteiger partial charge in [0.1, 0.15) is 5.82 Å². The van der Waals surface area contributed by atoms with Gasteiger partial charge in [0.15, 0.2) is 23.2 Å². The molecule has 9 nitrogen and oxygen atoms in total. The van der Waals surface area contributed by atoms with Crippen LogP contribution in [0.3, 0.4) is 0 Å². The predicted octanol–water partition coefficient (Wildman–Crippen LogP) is 7.97. The molecule has 3 unspecified atom stereocenters. The zero-order valence-corrected chi connectivity index (χ0v) is 29.3. The average molecular weight is 690 g/mol. The fourth-order valence-electron chi connectivity index (χ4n) is 8.68. The average Bonchev–Trinajstić information content (AvgIpc) is 3.56. The van der Waals surface area contributed by atoms with Gasteiger partial charge >= 0.3 is 0 Å². The number of fused-ring (bicyclic) bond motifs is 2. The summed E-state index contributed by atoms with van der Waals surface area (Å²) in [5.41, 5.74) is 7.98. The Morgan fingerprint density at radius 1 is 0.920 bits per heavy atom. The van der Waals surface area contributed by atoms with Crippen molar-refractivity contribution in [2.45, 2.75) is 78.7 Å². The molecule has 2 aliphatic carbocycles. The molecule has 2 aromatic carbocycles. The Labute approximate surface area is 294 Å². The second-order valence-corrected chi connectivity index (χ2v) is 15.9. The number of anilines is 2. The molecule has 4 aromatic rings. The summed E-state index contributed by atoms with van der Waals surface area (Å²) < 4.78 is 16.2. The summed E-state index contributed by atoms with van der Waals surface area (Å²) in [5.74, 6) is 0.190. The van der Waals surface area contributed by atoms with Crippen LogP contribution < -0.4 is 10.6 Å². The number of carbonyl (C=O) groups is 2. The molecule has 50 heavy (non-hydrogen) atoms. The zero-order valence-electron chi connectivity index (χ0n) is 28.6. The van der Waals surface area contributed by atoms with Crippen LogP contribution in [0.15, 0.2) is 65.0 Å². The van der Waals surface area contributed by atoms with Crippen molar-refractivity contribution in [2.75, 3.05) is 10.6 Å². The summed E-state index contributed by atoms with van der Waals surface area (Å²) >= 11 is 6.70. The van der Waals surface area contributed by atoms with Gasteiger partial charge in [0.25, 0.3) is 0 Å².